The molecule has 2 rings (SSSR count). The summed E-state index contributed by atoms with van der Waals surface area (Å²) in [5.74, 6) is 0.534. The number of rotatable bonds is 7. The number of nitrogens with one attached hydrogen (secondary N) is 2. The van der Waals surface area contributed by atoms with E-state index < -0.39 is 0 Å². The van der Waals surface area contributed by atoms with Crippen molar-refractivity contribution < 1.29 is 9.53 Å². The summed E-state index contributed by atoms with van der Waals surface area (Å²) in [4.78, 5) is 12.2. The van der Waals surface area contributed by atoms with Gasteiger partial charge in [0.1, 0.15) is 11.4 Å². The average Bonchev–Trinajstić information content (AvgIpc) is 3.02. The molecule has 2 aromatic rings. The molecule has 0 spiro atoms. The van der Waals surface area contributed by atoms with E-state index in [4.69, 9.17) is 4.74 Å². The molecule has 0 unspecified atom stereocenters. The maximum atomic E-state index is 12.2. The number of hydrogen-bond donors (Lipinski definition) is 2. The van der Waals surface area contributed by atoms with Crippen LogP contribution >= 0.6 is 0 Å². The molecule has 1 amide bonds. The quantitative estimate of drug-likeness (QED) is 0.819. The summed E-state index contributed by atoms with van der Waals surface area (Å²) in [6.07, 6.45) is 1.76. The molecule has 2 N–H and O–H groups in total. The Morgan fingerprint density at radius 1 is 1.39 bits per heavy atom. The second-order valence-corrected chi connectivity index (χ2v) is 5.49. The highest BCUT2D eigenvalue weighted by atomic mass is 16.5. The van der Waals surface area contributed by atoms with Crippen LogP contribution in [0.3, 0.4) is 0 Å². The summed E-state index contributed by atoms with van der Waals surface area (Å²) in [5, 5.41) is 10.5. The largest absolute Gasteiger partial charge is 0.494 e. The zero-order valence-corrected chi connectivity index (χ0v) is 14.1. The number of nitrogens with zero attached hydrogens (tertiary/aromatic N) is 2. The topological polar surface area (TPSA) is 68.2 Å². The highest BCUT2D eigenvalue weighted by molar-refractivity contribution is 5.92. The van der Waals surface area contributed by atoms with Crippen LogP contribution in [-0.4, -0.2) is 41.9 Å². The monoisotopic (exact) mass is 316 g/mol. The number of ether oxygens (including phenoxy) is 1. The van der Waals surface area contributed by atoms with Crippen LogP contribution in [0.15, 0.2) is 30.5 Å². The van der Waals surface area contributed by atoms with Gasteiger partial charge in [-0.15, -0.1) is 0 Å². The Balaban J connectivity index is 2.11. The minimum Gasteiger partial charge on any atom is -0.494 e. The molecule has 6 heteroatoms. The smallest absolute Gasteiger partial charge is 0.271 e. The lowest BCUT2D eigenvalue weighted by Crippen LogP contribution is -2.38. The number of aryl methyl sites for hydroxylation is 1. The molecule has 0 aliphatic heterocycles. The van der Waals surface area contributed by atoms with Crippen LogP contribution in [0.4, 0.5) is 0 Å². The van der Waals surface area contributed by atoms with E-state index >= 15 is 0 Å². The third-order valence-electron chi connectivity index (χ3n) is 3.52. The highest BCUT2D eigenvalue weighted by Gasteiger charge is 2.13. The molecule has 1 aromatic carbocycles. The van der Waals surface area contributed by atoms with E-state index in [2.05, 4.69) is 15.7 Å². The fourth-order valence-electron chi connectivity index (χ4n) is 2.32. The number of amides is 1. The Bertz CT molecular complexity index is 666. The second-order valence-electron chi connectivity index (χ2n) is 5.49. The van der Waals surface area contributed by atoms with E-state index in [1.165, 1.54) is 0 Å². The molecule has 6 nitrogen and oxygen atoms in total. The lowest BCUT2D eigenvalue weighted by Gasteiger charge is -2.12. The average molecular weight is 316 g/mol. The standard InChI is InChI=1S/C17H24N4O2/c1-5-18-13(3)11-19-17(22)14-8-9-21(20-14)15-10-12(2)6-7-16(15)23-4/h6-10,13,18H,5,11H2,1-4H3,(H,19,22)/t13-/m1/s1. The molecule has 1 heterocycles. The number of hydrogen-bond acceptors (Lipinski definition) is 4. The van der Waals surface area contributed by atoms with Gasteiger partial charge in [-0.25, -0.2) is 4.68 Å². The molecule has 1 atom stereocenters. The molecule has 0 saturated heterocycles. The third kappa shape index (κ3) is 4.32. The molecule has 23 heavy (non-hydrogen) atoms. The van der Waals surface area contributed by atoms with Gasteiger partial charge in [-0.2, -0.15) is 5.10 Å². The van der Waals surface area contributed by atoms with Crippen LogP contribution in [0, 0.1) is 6.92 Å². The normalized spacial score (nSPS) is 12.0. The van der Waals surface area contributed by atoms with Crippen molar-refractivity contribution in [3.8, 4) is 11.4 Å². The van der Waals surface area contributed by atoms with Crippen molar-refractivity contribution in [2.24, 2.45) is 0 Å². The van der Waals surface area contributed by atoms with Gasteiger partial charge in [0, 0.05) is 18.8 Å². The maximum absolute atomic E-state index is 12.2. The predicted molar refractivity (Wildman–Crippen MR) is 90.3 cm³/mol. The van der Waals surface area contributed by atoms with Gasteiger partial charge in [-0.1, -0.05) is 13.0 Å². The number of carbonyl (C=O) groups excluding carboxylic acids is 1. The van der Waals surface area contributed by atoms with E-state index in [1.54, 1.807) is 24.1 Å². The Kier molecular flexibility index (Phi) is 5.76. The van der Waals surface area contributed by atoms with Crippen LogP contribution < -0.4 is 15.4 Å². The Morgan fingerprint density at radius 2 is 2.17 bits per heavy atom. The molecule has 0 aliphatic rings. The van der Waals surface area contributed by atoms with Crippen LogP contribution in [-0.2, 0) is 0 Å². The lowest BCUT2D eigenvalue weighted by molar-refractivity contribution is 0.0945. The first-order valence-corrected chi connectivity index (χ1v) is 7.77. The van der Waals surface area contributed by atoms with Crippen molar-refractivity contribution in [3.05, 3.63) is 41.7 Å². The molecule has 1 aromatic heterocycles. The fraction of sp³-hybridized carbons (Fsp3) is 0.412. The zero-order valence-electron chi connectivity index (χ0n) is 14.1. The van der Waals surface area contributed by atoms with E-state index in [-0.39, 0.29) is 11.9 Å². The Morgan fingerprint density at radius 3 is 2.87 bits per heavy atom. The van der Waals surface area contributed by atoms with Crippen LogP contribution in [0.5, 0.6) is 5.75 Å². The van der Waals surface area contributed by atoms with Crippen LogP contribution in [0.25, 0.3) is 5.69 Å². The van der Waals surface area contributed by atoms with Gasteiger partial charge in [0.2, 0.25) is 0 Å². The van der Waals surface area contributed by atoms with E-state index in [0.29, 0.717) is 18.0 Å². The molecule has 0 radical (unpaired) electrons. The zero-order chi connectivity index (χ0) is 16.8. The molecule has 0 bridgehead atoms. The summed E-state index contributed by atoms with van der Waals surface area (Å²) in [5.41, 5.74) is 2.30. The van der Waals surface area contributed by atoms with Gasteiger partial charge in [0.15, 0.2) is 5.69 Å². The Labute approximate surface area is 136 Å². The number of carbonyl (C=O) groups is 1. The molecule has 0 saturated carbocycles. The first-order chi connectivity index (χ1) is 11.0. The minimum atomic E-state index is -0.180. The second kappa shape index (κ2) is 7.78. The van der Waals surface area contributed by atoms with E-state index in [1.807, 2.05) is 39.0 Å². The number of aromatic nitrogens is 2. The predicted octanol–water partition coefficient (Wildman–Crippen LogP) is 1.92. The van der Waals surface area contributed by atoms with Gasteiger partial charge in [-0.05, 0) is 44.2 Å². The van der Waals surface area contributed by atoms with Gasteiger partial charge in [0.05, 0.1) is 7.11 Å². The van der Waals surface area contributed by atoms with E-state index in [0.717, 1.165) is 17.8 Å². The Hall–Kier alpha value is -2.34. The lowest BCUT2D eigenvalue weighted by atomic mass is 10.2. The van der Waals surface area contributed by atoms with Gasteiger partial charge in [0.25, 0.3) is 5.91 Å². The van der Waals surface area contributed by atoms with Crippen molar-refractivity contribution in [3.63, 3.8) is 0 Å². The fourth-order valence-corrected chi connectivity index (χ4v) is 2.32. The van der Waals surface area contributed by atoms with E-state index in [9.17, 15) is 4.79 Å². The number of likely N-dealkylation sites (N-methyl/N-ethyl adjacent to an activating group) is 1. The molecule has 124 valence electrons. The van der Waals surface area contributed by atoms with Crippen molar-refractivity contribution in [1.29, 1.82) is 0 Å². The molecule has 0 fully saturated rings. The molecular formula is C17H24N4O2. The highest BCUT2D eigenvalue weighted by Crippen LogP contribution is 2.23. The van der Waals surface area contributed by atoms with Crippen LogP contribution in [0.2, 0.25) is 0 Å². The first-order valence-electron chi connectivity index (χ1n) is 7.77. The third-order valence-corrected chi connectivity index (χ3v) is 3.52. The van der Waals surface area contributed by atoms with Crippen LogP contribution in [0.1, 0.15) is 29.9 Å². The maximum Gasteiger partial charge on any atom is 0.271 e. The molecule has 0 aliphatic carbocycles. The summed E-state index contributed by atoms with van der Waals surface area (Å²) in [6.45, 7) is 7.50. The van der Waals surface area contributed by atoms with Crippen molar-refractivity contribution in [1.82, 2.24) is 20.4 Å². The van der Waals surface area contributed by atoms with Gasteiger partial charge in [-0.3, -0.25) is 4.79 Å². The first kappa shape index (κ1) is 17.0. The van der Waals surface area contributed by atoms with Crippen molar-refractivity contribution in [2.45, 2.75) is 26.8 Å². The number of methoxy groups -OCH3 is 1. The number of benzene rings is 1. The summed E-state index contributed by atoms with van der Waals surface area (Å²) in [6, 6.07) is 7.77. The van der Waals surface area contributed by atoms with Gasteiger partial charge < -0.3 is 15.4 Å². The summed E-state index contributed by atoms with van der Waals surface area (Å²) >= 11 is 0. The van der Waals surface area contributed by atoms with Crippen molar-refractivity contribution >= 4 is 5.91 Å². The SMILES string of the molecule is CCN[C@H](C)CNC(=O)c1ccn(-c2cc(C)ccc2OC)n1. The van der Waals surface area contributed by atoms with Crippen molar-refractivity contribution in [2.75, 3.05) is 20.2 Å². The van der Waals surface area contributed by atoms with Gasteiger partial charge >= 0.3 is 0 Å². The summed E-state index contributed by atoms with van der Waals surface area (Å²) in [7, 11) is 1.62. The summed E-state index contributed by atoms with van der Waals surface area (Å²) < 4.78 is 7.02. The minimum absolute atomic E-state index is 0.180. The molecular weight excluding hydrogens is 292 g/mol.